The van der Waals surface area contributed by atoms with Crippen molar-refractivity contribution in [3.05, 3.63) is 34.1 Å². The van der Waals surface area contributed by atoms with Crippen LogP contribution < -0.4 is 4.72 Å². The lowest BCUT2D eigenvalue weighted by Gasteiger charge is -2.32. The van der Waals surface area contributed by atoms with E-state index in [0.717, 1.165) is 18.2 Å². The van der Waals surface area contributed by atoms with E-state index in [1.807, 2.05) is 6.92 Å². The molecule has 19 heavy (non-hydrogen) atoms. The number of para-hydroxylation sites is 1. The van der Waals surface area contributed by atoms with Crippen molar-refractivity contribution in [1.29, 1.82) is 0 Å². The number of nitro groups is 1. The van der Waals surface area contributed by atoms with Gasteiger partial charge in [0.1, 0.15) is 0 Å². The predicted molar refractivity (Wildman–Crippen MR) is 65.6 cm³/mol. The number of sulfonamides is 1. The van der Waals surface area contributed by atoms with Crippen LogP contribution in [0.2, 0.25) is 0 Å². The highest BCUT2D eigenvalue weighted by Gasteiger charge is 2.34. The quantitative estimate of drug-likeness (QED) is 0.676. The van der Waals surface area contributed by atoms with Gasteiger partial charge in [-0.05, 0) is 30.9 Å². The molecule has 1 N–H and O–H groups in total. The second-order valence-electron chi connectivity index (χ2n) is 4.74. The average molecular weight is 288 g/mol. The van der Waals surface area contributed by atoms with Gasteiger partial charge in [0.05, 0.1) is 4.92 Å². The zero-order chi connectivity index (χ0) is 14.2. The number of halogens is 1. The maximum absolute atomic E-state index is 13.4. The van der Waals surface area contributed by atoms with Gasteiger partial charge in [-0.1, -0.05) is 13.0 Å². The lowest BCUT2D eigenvalue weighted by molar-refractivity contribution is -0.390. The molecule has 0 aliphatic heterocycles. The van der Waals surface area contributed by atoms with Crippen molar-refractivity contribution in [3.63, 3.8) is 0 Å². The van der Waals surface area contributed by atoms with E-state index in [1.54, 1.807) is 0 Å². The Morgan fingerprint density at radius 3 is 2.58 bits per heavy atom. The molecular weight excluding hydrogens is 275 g/mol. The molecule has 8 heteroatoms. The summed E-state index contributed by atoms with van der Waals surface area (Å²) in [6.07, 6.45) is 1.37. The molecule has 0 saturated heterocycles. The summed E-state index contributed by atoms with van der Waals surface area (Å²) in [6.45, 7) is 1.98. The summed E-state index contributed by atoms with van der Waals surface area (Å²) in [5.74, 6) is -0.731. The van der Waals surface area contributed by atoms with Crippen molar-refractivity contribution in [2.24, 2.45) is 5.92 Å². The first-order valence-electron chi connectivity index (χ1n) is 5.76. The Balaban J connectivity index is 2.35. The van der Waals surface area contributed by atoms with Crippen LogP contribution in [0, 0.1) is 21.8 Å². The van der Waals surface area contributed by atoms with E-state index in [1.165, 1.54) is 0 Å². The van der Waals surface area contributed by atoms with E-state index in [-0.39, 0.29) is 6.04 Å². The number of hydrogen-bond donors (Lipinski definition) is 1. The van der Waals surface area contributed by atoms with Crippen LogP contribution in [0.25, 0.3) is 0 Å². The molecule has 0 bridgehead atoms. The zero-order valence-electron chi connectivity index (χ0n) is 10.2. The first-order chi connectivity index (χ1) is 8.81. The highest BCUT2D eigenvalue weighted by molar-refractivity contribution is 7.89. The van der Waals surface area contributed by atoms with Gasteiger partial charge < -0.3 is 0 Å². The molecule has 0 amide bonds. The molecular formula is C11H13FN2O4S. The maximum atomic E-state index is 13.4. The Morgan fingerprint density at radius 2 is 2.05 bits per heavy atom. The Bertz CT molecular complexity index is 611. The van der Waals surface area contributed by atoms with Gasteiger partial charge in [-0.15, -0.1) is 0 Å². The Morgan fingerprint density at radius 1 is 1.42 bits per heavy atom. The molecule has 2 rings (SSSR count). The van der Waals surface area contributed by atoms with Crippen molar-refractivity contribution >= 4 is 15.7 Å². The van der Waals surface area contributed by atoms with E-state index in [0.29, 0.717) is 18.8 Å². The van der Waals surface area contributed by atoms with Crippen molar-refractivity contribution in [1.82, 2.24) is 4.72 Å². The summed E-state index contributed by atoms with van der Waals surface area (Å²) >= 11 is 0. The molecule has 1 saturated carbocycles. The molecule has 0 atom stereocenters. The Hall–Kier alpha value is -1.54. The average Bonchev–Trinajstić information content (AvgIpc) is 2.25. The van der Waals surface area contributed by atoms with Crippen LogP contribution in [-0.2, 0) is 10.0 Å². The summed E-state index contributed by atoms with van der Waals surface area (Å²) in [5.41, 5.74) is -1.01. The molecule has 1 aliphatic carbocycles. The fraction of sp³-hybridized carbons (Fsp3) is 0.455. The molecule has 0 radical (unpaired) electrons. The number of rotatable bonds is 4. The van der Waals surface area contributed by atoms with E-state index >= 15 is 0 Å². The molecule has 6 nitrogen and oxygen atoms in total. The van der Waals surface area contributed by atoms with Crippen LogP contribution in [0.15, 0.2) is 23.1 Å². The first-order valence-corrected chi connectivity index (χ1v) is 7.25. The smallest absolute Gasteiger partial charge is 0.258 e. The third-order valence-corrected chi connectivity index (χ3v) is 4.67. The molecule has 0 aromatic heterocycles. The first kappa shape index (κ1) is 13.9. The number of nitro benzene ring substituents is 1. The second-order valence-corrected chi connectivity index (χ2v) is 6.42. The SMILES string of the molecule is CC1CC(NS(=O)(=O)c2cccc(F)c2[N+](=O)[O-])C1. The third-order valence-electron chi connectivity index (χ3n) is 3.12. The maximum Gasteiger partial charge on any atom is 0.324 e. The molecule has 1 aliphatic rings. The van der Waals surface area contributed by atoms with Crippen LogP contribution in [0.5, 0.6) is 0 Å². The van der Waals surface area contributed by atoms with Crippen LogP contribution in [0.4, 0.5) is 10.1 Å². The minimum atomic E-state index is -4.07. The number of benzene rings is 1. The summed E-state index contributed by atoms with van der Waals surface area (Å²) in [6, 6.07) is 2.80. The van der Waals surface area contributed by atoms with Gasteiger partial charge in [0.15, 0.2) is 4.90 Å². The monoisotopic (exact) mass is 288 g/mol. The minimum Gasteiger partial charge on any atom is -0.258 e. The van der Waals surface area contributed by atoms with Crippen molar-refractivity contribution < 1.29 is 17.7 Å². The molecule has 1 fully saturated rings. The molecule has 0 spiro atoms. The summed E-state index contributed by atoms with van der Waals surface area (Å²) in [4.78, 5) is 9.14. The van der Waals surface area contributed by atoms with Gasteiger partial charge in [-0.25, -0.2) is 13.1 Å². The lowest BCUT2D eigenvalue weighted by Crippen LogP contribution is -2.43. The van der Waals surface area contributed by atoms with E-state index < -0.39 is 31.3 Å². The van der Waals surface area contributed by atoms with E-state index in [2.05, 4.69) is 4.72 Å². The lowest BCUT2D eigenvalue weighted by atomic mass is 9.83. The van der Waals surface area contributed by atoms with Gasteiger partial charge >= 0.3 is 5.69 Å². The normalized spacial score (nSPS) is 22.8. The number of hydrogen-bond acceptors (Lipinski definition) is 4. The summed E-state index contributed by atoms with van der Waals surface area (Å²) in [5, 5.41) is 10.8. The van der Waals surface area contributed by atoms with Gasteiger partial charge in [0.25, 0.3) is 0 Å². The van der Waals surface area contributed by atoms with Crippen LogP contribution in [0.3, 0.4) is 0 Å². The fourth-order valence-electron chi connectivity index (χ4n) is 2.17. The molecule has 1 aromatic rings. The van der Waals surface area contributed by atoms with Gasteiger partial charge in [-0.2, -0.15) is 4.39 Å². The Kier molecular flexibility index (Phi) is 3.55. The van der Waals surface area contributed by atoms with Gasteiger partial charge in [0, 0.05) is 6.04 Å². The second kappa shape index (κ2) is 4.86. The van der Waals surface area contributed by atoms with Gasteiger partial charge in [-0.3, -0.25) is 10.1 Å². The standard InChI is InChI=1S/C11H13FN2O4S/c1-7-5-8(6-7)13-19(17,18)10-4-2-3-9(12)11(10)14(15)16/h2-4,7-8,13H,5-6H2,1H3. The van der Waals surface area contributed by atoms with Crippen LogP contribution >= 0.6 is 0 Å². The topological polar surface area (TPSA) is 89.3 Å². The van der Waals surface area contributed by atoms with Crippen LogP contribution in [0.1, 0.15) is 19.8 Å². The van der Waals surface area contributed by atoms with Crippen molar-refractivity contribution in [2.75, 3.05) is 0 Å². The Labute approximate surface area is 109 Å². The van der Waals surface area contributed by atoms with E-state index in [4.69, 9.17) is 0 Å². The molecule has 0 unspecified atom stereocenters. The number of nitrogens with one attached hydrogen (secondary N) is 1. The van der Waals surface area contributed by atoms with E-state index in [9.17, 15) is 22.9 Å². The largest absolute Gasteiger partial charge is 0.324 e. The minimum absolute atomic E-state index is 0.233. The molecule has 0 heterocycles. The molecule has 1 aromatic carbocycles. The summed E-state index contributed by atoms with van der Waals surface area (Å²) in [7, 11) is -4.07. The number of nitrogens with zero attached hydrogens (tertiary/aromatic N) is 1. The van der Waals surface area contributed by atoms with Crippen molar-refractivity contribution in [2.45, 2.75) is 30.7 Å². The fourth-order valence-corrected chi connectivity index (χ4v) is 3.61. The van der Waals surface area contributed by atoms with Crippen LogP contribution in [-0.4, -0.2) is 19.4 Å². The highest BCUT2D eigenvalue weighted by atomic mass is 32.2. The zero-order valence-corrected chi connectivity index (χ0v) is 11.0. The summed E-state index contributed by atoms with van der Waals surface area (Å²) < 4.78 is 39.8. The van der Waals surface area contributed by atoms with Crippen molar-refractivity contribution in [3.8, 4) is 0 Å². The third kappa shape index (κ3) is 2.74. The highest BCUT2D eigenvalue weighted by Crippen LogP contribution is 2.30. The molecule has 104 valence electrons. The predicted octanol–water partition coefficient (Wildman–Crippen LogP) is 1.81. The van der Waals surface area contributed by atoms with Gasteiger partial charge in [0.2, 0.25) is 15.8 Å².